The molecule has 226 valence electrons. The van der Waals surface area contributed by atoms with Gasteiger partial charge in [-0.05, 0) is 37.4 Å². The van der Waals surface area contributed by atoms with Crippen molar-refractivity contribution in [1.29, 1.82) is 0 Å². The zero-order valence-electron chi connectivity index (χ0n) is 23.4. The van der Waals surface area contributed by atoms with Gasteiger partial charge >= 0.3 is 11.9 Å². The predicted octanol–water partition coefficient (Wildman–Crippen LogP) is 4.31. The lowest BCUT2D eigenvalue weighted by Crippen LogP contribution is -2.58. The van der Waals surface area contributed by atoms with Crippen LogP contribution in [-0.4, -0.2) is 63.0 Å². The standard InChI is InChI=1S/C29H28F3N5O4S2/c1-4-20(39)37-14(2)10-35(11-15(37)3)26-18-7-19(29(30,31)32)21(23-17(25(33)40)5-6-42-23)24-22(18)36(27(41)34-26)12-28(13-43-24)8-16(38)9-28/h4-7,14-15H,1,8-13H2,2-3H3,(H2,33,40)/t14-,15+. The van der Waals surface area contributed by atoms with Gasteiger partial charge in [0.25, 0.3) is 0 Å². The third-order valence-corrected chi connectivity index (χ3v) is 10.8. The van der Waals surface area contributed by atoms with Crippen LogP contribution in [0.3, 0.4) is 0 Å². The molecule has 9 nitrogen and oxygen atoms in total. The molecule has 1 spiro atoms. The molecule has 3 aromatic rings. The molecule has 0 radical (unpaired) electrons. The van der Waals surface area contributed by atoms with Crippen molar-refractivity contribution in [3.8, 4) is 10.4 Å². The Balaban J connectivity index is 1.65. The molecule has 2 aromatic heterocycles. The van der Waals surface area contributed by atoms with Gasteiger partial charge in [-0.25, -0.2) is 4.79 Å². The van der Waals surface area contributed by atoms with Crippen LogP contribution in [0.25, 0.3) is 21.3 Å². The number of piperazine rings is 1. The van der Waals surface area contributed by atoms with Crippen molar-refractivity contribution >= 4 is 57.4 Å². The van der Waals surface area contributed by atoms with E-state index in [0.717, 1.165) is 17.4 Å². The average molecular weight is 632 g/mol. The lowest BCUT2D eigenvalue weighted by molar-refractivity contribution is -0.137. The Labute approximate surface area is 252 Å². The molecule has 2 N–H and O–H groups in total. The lowest BCUT2D eigenvalue weighted by atomic mass is 9.69. The molecule has 43 heavy (non-hydrogen) atoms. The largest absolute Gasteiger partial charge is 0.417 e. The molecule has 4 heterocycles. The van der Waals surface area contributed by atoms with E-state index in [9.17, 15) is 32.3 Å². The predicted molar refractivity (Wildman–Crippen MR) is 158 cm³/mol. The summed E-state index contributed by atoms with van der Waals surface area (Å²) in [6, 6.07) is 1.73. The van der Waals surface area contributed by atoms with Crippen molar-refractivity contribution in [3.05, 3.63) is 51.8 Å². The molecule has 1 saturated heterocycles. The summed E-state index contributed by atoms with van der Waals surface area (Å²) in [5.41, 5.74) is 3.41. The highest BCUT2D eigenvalue weighted by Gasteiger charge is 2.47. The van der Waals surface area contributed by atoms with Gasteiger partial charge in [-0.15, -0.1) is 23.1 Å². The Morgan fingerprint density at radius 1 is 1.19 bits per heavy atom. The van der Waals surface area contributed by atoms with Crippen LogP contribution < -0.4 is 16.3 Å². The third-order valence-electron chi connectivity index (χ3n) is 8.47. The Kier molecular flexibility index (Phi) is 6.99. The number of thiophene rings is 1. The second-order valence-corrected chi connectivity index (χ2v) is 13.5. The summed E-state index contributed by atoms with van der Waals surface area (Å²) >= 11 is 2.14. The van der Waals surface area contributed by atoms with Crippen LogP contribution in [0.4, 0.5) is 19.0 Å². The van der Waals surface area contributed by atoms with Crippen LogP contribution in [0.5, 0.6) is 0 Å². The van der Waals surface area contributed by atoms with Gasteiger partial charge in [-0.1, -0.05) is 6.58 Å². The van der Waals surface area contributed by atoms with Crippen LogP contribution in [0.1, 0.15) is 42.6 Å². The summed E-state index contributed by atoms with van der Waals surface area (Å²) in [6.45, 7) is 7.81. The minimum absolute atomic E-state index is 0.0285. The highest BCUT2D eigenvalue weighted by atomic mass is 32.2. The van der Waals surface area contributed by atoms with Gasteiger partial charge in [0.15, 0.2) is 0 Å². The van der Waals surface area contributed by atoms with Crippen molar-refractivity contribution < 1.29 is 27.6 Å². The van der Waals surface area contributed by atoms with Gasteiger partial charge in [-0.2, -0.15) is 18.2 Å². The van der Waals surface area contributed by atoms with Crippen LogP contribution >= 0.6 is 23.1 Å². The number of nitrogens with two attached hydrogens (primary N) is 1. The van der Waals surface area contributed by atoms with E-state index in [-0.39, 0.29) is 93.9 Å². The summed E-state index contributed by atoms with van der Waals surface area (Å²) in [6.07, 6.45) is -3.18. The van der Waals surface area contributed by atoms with Crippen LogP contribution in [0, 0.1) is 5.41 Å². The molecular weight excluding hydrogens is 603 g/mol. The van der Waals surface area contributed by atoms with Crippen LogP contribution in [0.2, 0.25) is 0 Å². The molecule has 14 heteroatoms. The Morgan fingerprint density at radius 2 is 1.86 bits per heavy atom. The number of halogens is 3. The number of amides is 2. The number of hydrogen-bond acceptors (Lipinski definition) is 8. The Hall–Kier alpha value is -3.65. The molecule has 0 unspecified atom stereocenters. The fraction of sp³-hybridized carbons (Fsp3) is 0.414. The summed E-state index contributed by atoms with van der Waals surface area (Å²) in [4.78, 5) is 58.7. The number of aromatic nitrogens is 2. The number of thioether (sulfide) groups is 1. The van der Waals surface area contributed by atoms with E-state index in [0.29, 0.717) is 5.75 Å². The minimum Gasteiger partial charge on any atom is -0.366 e. The van der Waals surface area contributed by atoms with Crippen LogP contribution in [0.15, 0.2) is 39.9 Å². The number of carbonyl (C=O) groups is 3. The Morgan fingerprint density at radius 3 is 2.44 bits per heavy atom. The highest BCUT2D eigenvalue weighted by molar-refractivity contribution is 7.99. The van der Waals surface area contributed by atoms with E-state index in [1.54, 1.807) is 9.80 Å². The van der Waals surface area contributed by atoms with Crippen molar-refractivity contribution in [2.45, 2.75) is 56.4 Å². The fourth-order valence-electron chi connectivity index (χ4n) is 6.71. The molecule has 1 saturated carbocycles. The molecule has 1 aromatic carbocycles. The molecule has 2 fully saturated rings. The van der Waals surface area contributed by atoms with E-state index in [1.165, 1.54) is 33.9 Å². The monoisotopic (exact) mass is 631 g/mol. The first-order valence-corrected chi connectivity index (χ1v) is 15.5. The number of hydrogen-bond donors (Lipinski definition) is 1. The average Bonchev–Trinajstić information content (AvgIpc) is 3.33. The number of alkyl halides is 3. The van der Waals surface area contributed by atoms with E-state index in [2.05, 4.69) is 11.6 Å². The number of anilines is 1. The second kappa shape index (κ2) is 10.2. The normalized spacial score (nSPS) is 21.6. The van der Waals surface area contributed by atoms with Crippen molar-refractivity contribution in [3.63, 3.8) is 0 Å². The first-order chi connectivity index (χ1) is 20.2. The zero-order chi connectivity index (χ0) is 31.0. The number of rotatable bonds is 4. The van der Waals surface area contributed by atoms with Crippen molar-refractivity contribution in [2.24, 2.45) is 11.1 Å². The molecule has 3 aliphatic rings. The highest BCUT2D eigenvalue weighted by Crippen LogP contribution is 2.54. The smallest absolute Gasteiger partial charge is 0.366 e. The van der Waals surface area contributed by atoms with Crippen LogP contribution in [-0.2, 0) is 22.3 Å². The molecule has 6 rings (SSSR count). The van der Waals surface area contributed by atoms with E-state index in [1.807, 2.05) is 13.8 Å². The first kappa shape index (κ1) is 29.4. The summed E-state index contributed by atoms with van der Waals surface area (Å²) in [5.74, 6) is -0.684. The first-order valence-electron chi connectivity index (χ1n) is 13.7. The molecule has 1 aliphatic carbocycles. The number of Topliss-reactive ketones (excluding diaryl/α,β-unsaturated/α-hetero) is 1. The van der Waals surface area contributed by atoms with E-state index < -0.39 is 28.8 Å². The minimum atomic E-state index is -4.83. The molecule has 2 amide bonds. The Bertz CT molecular complexity index is 1760. The van der Waals surface area contributed by atoms with Crippen molar-refractivity contribution in [1.82, 2.24) is 14.5 Å². The maximum absolute atomic E-state index is 15.0. The molecule has 2 atom stereocenters. The maximum atomic E-state index is 15.0. The summed E-state index contributed by atoms with van der Waals surface area (Å²) < 4.78 is 46.3. The van der Waals surface area contributed by atoms with Gasteiger partial charge in [0.05, 0.1) is 16.6 Å². The van der Waals surface area contributed by atoms with Gasteiger partial charge in [-0.3, -0.25) is 19.0 Å². The molecule has 0 bridgehead atoms. The van der Waals surface area contributed by atoms with Gasteiger partial charge < -0.3 is 15.5 Å². The van der Waals surface area contributed by atoms with Gasteiger partial charge in [0.1, 0.15) is 11.6 Å². The maximum Gasteiger partial charge on any atom is 0.417 e. The van der Waals surface area contributed by atoms with Crippen molar-refractivity contribution in [2.75, 3.05) is 23.7 Å². The van der Waals surface area contributed by atoms with E-state index >= 15 is 0 Å². The summed E-state index contributed by atoms with van der Waals surface area (Å²) in [5, 5.41) is 1.65. The molecular formula is C29H28F3N5O4S2. The van der Waals surface area contributed by atoms with Gasteiger partial charge in [0, 0.05) is 76.4 Å². The van der Waals surface area contributed by atoms with E-state index in [4.69, 9.17) is 5.73 Å². The topological polar surface area (TPSA) is 119 Å². The number of carbonyl (C=O) groups excluding carboxylic acids is 3. The van der Waals surface area contributed by atoms with Gasteiger partial charge in [0.2, 0.25) is 11.8 Å². The fourth-order valence-corrected chi connectivity index (χ4v) is 9.20. The molecule has 2 aliphatic heterocycles. The lowest BCUT2D eigenvalue weighted by Gasteiger charge is -2.44. The zero-order valence-corrected chi connectivity index (χ0v) is 25.0. The second-order valence-electron chi connectivity index (χ2n) is 11.6. The third kappa shape index (κ3) is 4.74. The number of ketones is 1. The quantitative estimate of drug-likeness (QED) is 0.427. The number of primary amides is 1. The summed E-state index contributed by atoms with van der Waals surface area (Å²) in [7, 11) is 0. The number of benzene rings is 1. The number of nitrogens with zero attached hydrogens (tertiary/aromatic N) is 4. The SMILES string of the molecule is C=CC(=O)N1[C@H](C)CN(c2nc(=O)n3c4c(c(-c5sccc5C(N)=O)c(C(F)(F)F)cc24)SCC2(CC(=O)C2)C3)C[C@@H]1C.